The van der Waals surface area contributed by atoms with Gasteiger partial charge in [0, 0.05) is 19.5 Å². The van der Waals surface area contributed by atoms with Crippen LogP contribution in [0.25, 0.3) is 0 Å². The Morgan fingerprint density at radius 3 is 2.88 bits per heavy atom. The normalized spacial score (nSPS) is 25.4. The molecule has 0 saturated carbocycles. The zero-order valence-corrected chi connectivity index (χ0v) is 4.61. The third kappa shape index (κ3) is 1.07. The molecule has 1 aliphatic heterocycles. The molecule has 0 aromatic heterocycles. The standard InChI is InChI=1S/C5H7N2O/c1-8-5-6-3-2-4-7-5/h2-5H,1H3. The van der Waals surface area contributed by atoms with Crippen molar-refractivity contribution < 1.29 is 4.74 Å². The summed E-state index contributed by atoms with van der Waals surface area (Å²) in [5.41, 5.74) is 0. The molecule has 1 radical (unpaired) electrons. The van der Waals surface area contributed by atoms with Gasteiger partial charge in [0.15, 0.2) is 0 Å². The van der Waals surface area contributed by atoms with Crippen LogP contribution in [0.1, 0.15) is 0 Å². The summed E-state index contributed by atoms with van der Waals surface area (Å²) >= 11 is 0. The maximum atomic E-state index is 4.78. The fourth-order valence-corrected chi connectivity index (χ4v) is 0.445. The number of hydrogen-bond donors (Lipinski definition) is 0. The SMILES string of the molecule is COC1[N]C=CC=N1. The minimum Gasteiger partial charge on any atom is -0.341 e. The first-order valence-corrected chi connectivity index (χ1v) is 2.34. The average Bonchev–Trinajstić information content (AvgIpc) is 1.90. The Kier molecular flexibility index (Phi) is 1.64. The molecule has 0 bridgehead atoms. The maximum absolute atomic E-state index is 4.78. The van der Waals surface area contributed by atoms with Crippen molar-refractivity contribution in [1.29, 1.82) is 0 Å². The van der Waals surface area contributed by atoms with E-state index < -0.39 is 0 Å². The molecule has 8 heavy (non-hydrogen) atoms. The fraction of sp³-hybridized carbons (Fsp3) is 0.400. The van der Waals surface area contributed by atoms with Crippen molar-refractivity contribution >= 4 is 6.21 Å². The molecule has 0 amide bonds. The predicted octanol–water partition coefficient (Wildman–Crippen LogP) is 0.119. The zero-order valence-electron chi connectivity index (χ0n) is 4.61. The molecule has 3 nitrogen and oxygen atoms in total. The van der Waals surface area contributed by atoms with Crippen LogP contribution >= 0.6 is 0 Å². The van der Waals surface area contributed by atoms with Gasteiger partial charge in [-0.2, -0.15) is 0 Å². The lowest BCUT2D eigenvalue weighted by Crippen LogP contribution is -2.19. The van der Waals surface area contributed by atoms with Gasteiger partial charge in [-0.15, -0.1) is 0 Å². The van der Waals surface area contributed by atoms with Crippen molar-refractivity contribution in [3.63, 3.8) is 0 Å². The number of methoxy groups -OCH3 is 1. The van der Waals surface area contributed by atoms with E-state index in [1.165, 1.54) is 0 Å². The average molecular weight is 111 g/mol. The fourth-order valence-electron chi connectivity index (χ4n) is 0.445. The molecule has 1 heterocycles. The van der Waals surface area contributed by atoms with Gasteiger partial charge in [-0.1, -0.05) is 0 Å². The monoisotopic (exact) mass is 111 g/mol. The van der Waals surface area contributed by atoms with Crippen LogP contribution < -0.4 is 5.32 Å². The molecule has 0 aromatic rings. The van der Waals surface area contributed by atoms with Gasteiger partial charge >= 0.3 is 0 Å². The number of rotatable bonds is 1. The van der Waals surface area contributed by atoms with Crippen molar-refractivity contribution in [2.45, 2.75) is 6.35 Å². The van der Waals surface area contributed by atoms with Gasteiger partial charge in [-0.3, -0.25) is 0 Å². The van der Waals surface area contributed by atoms with Gasteiger partial charge in [0.05, 0.1) is 0 Å². The molecule has 43 valence electrons. The molecule has 0 saturated heterocycles. The van der Waals surface area contributed by atoms with E-state index in [0.717, 1.165) is 0 Å². The number of ether oxygens (including phenoxy) is 1. The molecule has 0 fully saturated rings. The topological polar surface area (TPSA) is 35.7 Å². The quantitative estimate of drug-likeness (QED) is 0.473. The number of allylic oxidation sites excluding steroid dienone is 1. The highest BCUT2D eigenvalue weighted by Crippen LogP contribution is 1.91. The second kappa shape index (κ2) is 2.47. The number of aliphatic imine (C=N–C) groups is 1. The molecule has 1 atom stereocenters. The lowest BCUT2D eigenvalue weighted by atomic mass is 10.6. The van der Waals surface area contributed by atoms with E-state index in [2.05, 4.69) is 10.3 Å². The van der Waals surface area contributed by atoms with Gasteiger partial charge in [0.2, 0.25) is 6.35 Å². The first-order chi connectivity index (χ1) is 3.93. The second-order valence-electron chi connectivity index (χ2n) is 1.35. The van der Waals surface area contributed by atoms with Crippen LogP contribution in [0.15, 0.2) is 17.3 Å². The third-order valence-corrected chi connectivity index (χ3v) is 0.810. The van der Waals surface area contributed by atoms with Crippen LogP contribution in [0.5, 0.6) is 0 Å². The Hall–Kier alpha value is -0.830. The van der Waals surface area contributed by atoms with Gasteiger partial charge in [-0.05, 0) is 6.08 Å². The molecule has 0 aliphatic carbocycles. The molecule has 0 aromatic carbocycles. The van der Waals surface area contributed by atoms with Crippen LogP contribution in [0, 0.1) is 0 Å². The van der Waals surface area contributed by atoms with Crippen molar-refractivity contribution in [1.82, 2.24) is 5.32 Å². The molecule has 0 N–H and O–H groups in total. The summed E-state index contributed by atoms with van der Waals surface area (Å²) in [4.78, 5) is 3.85. The largest absolute Gasteiger partial charge is 0.341 e. The number of nitrogens with zero attached hydrogens (tertiary/aromatic N) is 2. The van der Waals surface area contributed by atoms with E-state index in [4.69, 9.17) is 4.74 Å². The molecule has 1 aliphatic rings. The zero-order chi connectivity index (χ0) is 5.82. The lowest BCUT2D eigenvalue weighted by Gasteiger charge is -2.08. The minimum atomic E-state index is -0.306. The van der Waals surface area contributed by atoms with Crippen LogP contribution in [-0.2, 0) is 4.74 Å². The Bertz CT molecular complexity index is 120. The molecule has 1 rings (SSSR count). The van der Waals surface area contributed by atoms with Crippen molar-refractivity contribution in [3.05, 3.63) is 12.3 Å². The van der Waals surface area contributed by atoms with Gasteiger partial charge < -0.3 is 4.74 Å². The molecule has 3 heteroatoms. The Balaban J connectivity index is 2.40. The molecular weight excluding hydrogens is 104 g/mol. The first-order valence-electron chi connectivity index (χ1n) is 2.34. The summed E-state index contributed by atoms with van der Waals surface area (Å²) in [6.45, 7) is 0. The van der Waals surface area contributed by atoms with Crippen molar-refractivity contribution in [3.8, 4) is 0 Å². The summed E-state index contributed by atoms with van der Waals surface area (Å²) in [7, 11) is 1.57. The smallest absolute Gasteiger partial charge is 0.245 e. The minimum absolute atomic E-state index is 0.306. The predicted molar refractivity (Wildman–Crippen MR) is 30.6 cm³/mol. The summed E-state index contributed by atoms with van der Waals surface area (Å²) in [5, 5.41) is 3.85. The number of hydrogen-bond acceptors (Lipinski definition) is 2. The Labute approximate surface area is 48.1 Å². The van der Waals surface area contributed by atoms with E-state index in [1.54, 1.807) is 25.6 Å². The highest BCUT2D eigenvalue weighted by Gasteiger charge is 2.01. The van der Waals surface area contributed by atoms with Crippen LogP contribution in [0.2, 0.25) is 0 Å². The third-order valence-electron chi connectivity index (χ3n) is 0.810. The van der Waals surface area contributed by atoms with Gasteiger partial charge in [0.25, 0.3) is 0 Å². The van der Waals surface area contributed by atoms with E-state index in [-0.39, 0.29) is 6.35 Å². The van der Waals surface area contributed by atoms with Crippen molar-refractivity contribution in [2.75, 3.05) is 7.11 Å². The first kappa shape index (κ1) is 5.31. The highest BCUT2D eigenvalue weighted by atomic mass is 16.5. The van der Waals surface area contributed by atoms with Crippen LogP contribution in [0.4, 0.5) is 0 Å². The van der Waals surface area contributed by atoms with Crippen molar-refractivity contribution in [2.24, 2.45) is 4.99 Å². The Morgan fingerprint density at radius 2 is 2.50 bits per heavy atom. The maximum Gasteiger partial charge on any atom is 0.245 e. The van der Waals surface area contributed by atoms with Crippen LogP contribution in [0.3, 0.4) is 0 Å². The van der Waals surface area contributed by atoms with E-state index in [1.807, 2.05) is 0 Å². The van der Waals surface area contributed by atoms with E-state index in [9.17, 15) is 0 Å². The highest BCUT2D eigenvalue weighted by molar-refractivity contribution is 5.71. The summed E-state index contributed by atoms with van der Waals surface area (Å²) in [6, 6.07) is 0. The lowest BCUT2D eigenvalue weighted by molar-refractivity contribution is 0.0903. The van der Waals surface area contributed by atoms with Gasteiger partial charge in [0.1, 0.15) is 0 Å². The summed E-state index contributed by atoms with van der Waals surface area (Å²) in [5.74, 6) is 0. The summed E-state index contributed by atoms with van der Waals surface area (Å²) < 4.78 is 4.78. The van der Waals surface area contributed by atoms with E-state index in [0.29, 0.717) is 0 Å². The Morgan fingerprint density at radius 1 is 1.62 bits per heavy atom. The molecule has 0 spiro atoms. The van der Waals surface area contributed by atoms with Gasteiger partial charge in [-0.25, -0.2) is 10.3 Å². The molecule has 1 unspecified atom stereocenters. The second-order valence-corrected chi connectivity index (χ2v) is 1.35. The molecular formula is C5H7N2O. The van der Waals surface area contributed by atoms with Crippen LogP contribution in [-0.4, -0.2) is 19.7 Å². The van der Waals surface area contributed by atoms with E-state index >= 15 is 0 Å². The summed E-state index contributed by atoms with van der Waals surface area (Å²) in [6.07, 6.45) is 4.79.